The number of nitriles is 1. The Morgan fingerprint density at radius 3 is 2.74 bits per heavy atom. The molecule has 19 heavy (non-hydrogen) atoms. The van der Waals surface area contributed by atoms with Crippen LogP contribution in [0.1, 0.15) is 28.4 Å². The third-order valence-electron chi connectivity index (χ3n) is 2.43. The van der Waals surface area contributed by atoms with Gasteiger partial charge < -0.3 is 5.11 Å². The summed E-state index contributed by atoms with van der Waals surface area (Å²) in [5.41, 5.74) is 1.67. The van der Waals surface area contributed by atoms with Gasteiger partial charge in [-0.05, 0) is 30.2 Å². The molecule has 1 atom stereocenters. The van der Waals surface area contributed by atoms with Gasteiger partial charge in [0.1, 0.15) is 0 Å². The van der Waals surface area contributed by atoms with E-state index in [1.165, 1.54) is 6.08 Å². The van der Waals surface area contributed by atoms with Crippen molar-refractivity contribution in [3.05, 3.63) is 41.0 Å². The standard InChI is InChI=1S/C14H12BrNO3/c1-9(15)14(19)12-8-10(6-7-16)2-3-11(12)4-5-13(17)18/h2-5,8-9H,6H2,1H3,(H,17,18). The predicted molar refractivity (Wildman–Crippen MR) is 75.1 cm³/mol. The molecule has 4 nitrogen and oxygen atoms in total. The minimum Gasteiger partial charge on any atom is -0.478 e. The van der Waals surface area contributed by atoms with E-state index in [2.05, 4.69) is 15.9 Å². The molecule has 0 amide bonds. The number of carboxylic acid groups (broad SMARTS) is 1. The van der Waals surface area contributed by atoms with Gasteiger partial charge in [-0.1, -0.05) is 28.1 Å². The predicted octanol–water partition coefficient (Wildman–Crippen LogP) is 2.82. The van der Waals surface area contributed by atoms with Gasteiger partial charge in [-0.15, -0.1) is 0 Å². The van der Waals surface area contributed by atoms with Crippen LogP contribution in [0.25, 0.3) is 6.08 Å². The van der Waals surface area contributed by atoms with Gasteiger partial charge in [0.05, 0.1) is 17.3 Å². The molecular formula is C14H12BrNO3. The van der Waals surface area contributed by atoms with Crippen molar-refractivity contribution in [1.82, 2.24) is 0 Å². The lowest BCUT2D eigenvalue weighted by Gasteiger charge is -2.08. The molecule has 0 aliphatic heterocycles. The number of carbonyl (C=O) groups excluding carboxylic acids is 1. The van der Waals surface area contributed by atoms with Crippen LogP contribution in [-0.2, 0) is 11.2 Å². The van der Waals surface area contributed by atoms with Crippen LogP contribution in [0.2, 0.25) is 0 Å². The Balaban J connectivity index is 3.26. The molecule has 0 heterocycles. The smallest absolute Gasteiger partial charge is 0.328 e. The minimum atomic E-state index is -1.08. The van der Waals surface area contributed by atoms with Gasteiger partial charge in [0.25, 0.3) is 0 Å². The lowest BCUT2D eigenvalue weighted by Crippen LogP contribution is -2.12. The molecule has 0 aliphatic carbocycles. The zero-order chi connectivity index (χ0) is 14.4. The van der Waals surface area contributed by atoms with Crippen molar-refractivity contribution in [1.29, 1.82) is 5.26 Å². The highest BCUT2D eigenvalue weighted by Crippen LogP contribution is 2.19. The molecule has 1 N–H and O–H groups in total. The summed E-state index contributed by atoms with van der Waals surface area (Å²) in [5, 5.41) is 17.3. The Morgan fingerprint density at radius 2 is 2.21 bits per heavy atom. The molecule has 0 aliphatic rings. The molecule has 1 unspecified atom stereocenters. The minimum absolute atomic E-state index is 0.148. The van der Waals surface area contributed by atoms with Crippen LogP contribution >= 0.6 is 15.9 Å². The number of hydrogen-bond acceptors (Lipinski definition) is 3. The maximum absolute atomic E-state index is 12.1. The topological polar surface area (TPSA) is 78.2 Å². The van der Waals surface area contributed by atoms with Crippen molar-refractivity contribution in [2.45, 2.75) is 18.2 Å². The number of ketones is 1. The van der Waals surface area contributed by atoms with Gasteiger partial charge >= 0.3 is 5.97 Å². The Kier molecular flexibility index (Phi) is 5.46. The second kappa shape index (κ2) is 6.86. The molecule has 1 rings (SSSR count). The number of benzene rings is 1. The first-order valence-electron chi connectivity index (χ1n) is 5.55. The molecule has 5 heteroatoms. The van der Waals surface area contributed by atoms with Gasteiger partial charge in [-0.2, -0.15) is 5.26 Å². The molecule has 0 aromatic heterocycles. The van der Waals surface area contributed by atoms with E-state index in [0.717, 1.165) is 11.6 Å². The van der Waals surface area contributed by atoms with E-state index in [1.807, 2.05) is 6.07 Å². The van der Waals surface area contributed by atoms with Crippen molar-refractivity contribution in [3.8, 4) is 6.07 Å². The van der Waals surface area contributed by atoms with Crippen molar-refractivity contribution in [2.75, 3.05) is 0 Å². The molecule has 0 radical (unpaired) electrons. The van der Waals surface area contributed by atoms with Crippen LogP contribution in [-0.4, -0.2) is 21.7 Å². The van der Waals surface area contributed by atoms with E-state index in [4.69, 9.17) is 10.4 Å². The molecule has 0 bridgehead atoms. The zero-order valence-electron chi connectivity index (χ0n) is 10.3. The highest BCUT2D eigenvalue weighted by Gasteiger charge is 2.15. The van der Waals surface area contributed by atoms with Crippen molar-refractivity contribution in [2.24, 2.45) is 0 Å². The van der Waals surface area contributed by atoms with Crippen LogP contribution < -0.4 is 0 Å². The quantitative estimate of drug-likeness (QED) is 0.514. The molecule has 1 aromatic rings. The summed E-state index contributed by atoms with van der Waals surface area (Å²) in [6, 6.07) is 7.00. The fourth-order valence-corrected chi connectivity index (χ4v) is 1.79. The Bertz CT molecular complexity index is 571. The normalized spacial score (nSPS) is 12.1. The van der Waals surface area contributed by atoms with Crippen molar-refractivity contribution >= 4 is 33.8 Å². The average Bonchev–Trinajstić information content (AvgIpc) is 2.36. The summed E-state index contributed by atoms with van der Waals surface area (Å²) in [4.78, 5) is 22.2. The van der Waals surface area contributed by atoms with E-state index < -0.39 is 5.97 Å². The maximum Gasteiger partial charge on any atom is 0.328 e. The number of aliphatic carboxylic acids is 1. The first-order chi connectivity index (χ1) is 8.95. The number of Topliss-reactive ketones (excluding diaryl/α,β-unsaturated/α-hetero) is 1. The van der Waals surface area contributed by atoms with Crippen LogP contribution in [0.5, 0.6) is 0 Å². The Labute approximate surface area is 119 Å². The third kappa shape index (κ3) is 4.34. The number of rotatable bonds is 5. The number of carbonyl (C=O) groups is 2. The average molecular weight is 322 g/mol. The lowest BCUT2D eigenvalue weighted by atomic mass is 9.97. The molecule has 0 spiro atoms. The number of halogens is 1. The molecule has 1 aromatic carbocycles. The van der Waals surface area contributed by atoms with E-state index in [9.17, 15) is 9.59 Å². The largest absolute Gasteiger partial charge is 0.478 e. The van der Waals surface area contributed by atoms with Crippen molar-refractivity contribution < 1.29 is 14.7 Å². The highest BCUT2D eigenvalue weighted by atomic mass is 79.9. The fraction of sp³-hybridized carbons (Fsp3) is 0.214. The van der Waals surface area contributed by atoms with Crippen LogP contribution in [0.15, 0.2) is 24.3 Å². The van der Waals surface area contributed by atoms with Gasteiger partial charge in [0, 0.05) is 11.6 Å². The zero-order valence-corrected chi connectivity index (χ0v) is 11.8. The Morgan fingerprint density at radius 1 is 1.53 bits per heavy atom. The third-order valence-corrected chi connectivity index (χ3v) is 2.85. The summed E-state index contributed by atoms with van der Waals surface area (Å²) in [6.45, 7) is 1.70. The highest BCUT2D eigenvalue weighted by molar-refractivity contribution is 9.10. The summed E-state index contributed by atoms with van der Waals surface area (Å²) in [7, 11) is 0. The number of carboxylic acids is 1. The second-order valence-electron chi connectivity index (χ2n) is 3.91. The molecular weight excluding hydrogens is 310 g/mol. The SMILES string of the molecule is CC(Br)C(=O)c1cc(CC#N)ccc1C=CC(=O)O. The molecule has 98 valence electrons. The van der Waals surface area contributed by atoms with Crippen LogP contribution in [0.3, 0.4) is 0 Å². The summed E-state index contributed by atoms with van der Waals surface area (Å²) >= 11 is 3.20. The summed E-state index contributed by atoms with van der Waals surface area (Å²) < 4.78 is 0. The first-order valence-corrected chi connectivity index (χ1v) is 6.46. The number of hydrogen-bond donors (Lipinski definition) is 1. The van der Waals surface area contributed by atoms with Crippen LogP contribution in [0, 0.1) is 11.3 Å². The molecule has 0 fully saturated rings. The molecule has 0 saturated carbocycles. The number of alkyl halides is 1. The Hall–Kier alpha value is -1.93. The second-order valence-corrected chi connectivity index (χ2v) is 5.28. The van der Waals surface area contributed by atoms with Crippen LogP contribution in [0.4, 0.5) is 0 Å². The van der Waals surface area contributed by atoms with E-state index in [1.54, 1.807) is 25.1 Å². The van der Waals surface area contributed by atoms with Gasteiger partial charge in [0.2, 0.25) is 0 Å². The number of nitrogens with zero attached hydrogens (tertiary/aromatic N) is 1. The lowest BCUT2D eigenvalue weighted by molar-refractivity contribution is -0.131. The summed E-state index contributed by atoms with van der Waals surface area (Å²) in [5.74, 6) is -1.23. The summed E-state index contributed by atoms with van der Waals surface area (Å²) in [6.07, 6.45) is 2.57. The van der Waals surface area contributed by atoms with Gasteiger partial charge in [-0.25, -0.2) is 4.79 Å². The van der Waals surface area contributed by atoms with Gasteiger partial charge in [0.15, 0.2) is 5.78 Å². The fourth-order valence-electron chi connectivity index (χ4n) is 1.54. The maximum atomic E-state index is 12.1. The van der Waals surface area contributed by atoms with E-state index in [0.29, 0.717) is 11.1 Å². The molecule has 0 saturated heterocycles. The van der Waals surface area contributed by atoms with E-state index >= 15 is 0 Å². The first kappa shape index (κ1) is 15.1. The van der Waals surface area contributed by atoms with E-state index in [-0.39, 0.29) is 17.0 Å². The monoisotopic (exact) mass is 321 g/mol. The van der Waals surface area contributed by atoms with Gasteiger partial charge in [-0.3, -0.25) is 4.79 Å². The van der Waals surface area contributed by atoms with Crippen molar-refractivity contribution in [3.63, 3.8) is 0 Å².